The Morgan fingerprint density at radius 1 is 1.08 bits per heavy atom. The van der Waals surface area contributed by atoms with E-state index in [9.17, 15) is 9.59 Å². The highest BCUT2D eigenvalue weighted by atomic mass is 16.2. The predicted molar refractivity (Wildman–Crippen MR) is 101 cm³/mol. The second kappa shape index (κ2) is 7.24. The normalized spacial score (nSPS) is 13.1. The number of benzene rings is 3. The first-order valence-corrected chi connectivity index (χ1v) is 8.41. The van der Waals surface area contributed by atoms with Gasteiger partial charge in [0.2, 0.25) is 5.91 Å². The number of amides is 2. The molecule has 0 radical (unpaired) electrons. The Morgan fingerprint density at radius 2 is 1.62 bits per heavy atom. The summed E-state index contributed by atoms with van der Waals surface area (Å²) in [6.07, 6.45) is 0.181. The third kappa shape index (κ3) is 3.35. The van der Waals surface area contributed by atoms with Gasteiger partial charge in [-0.05, 0) is 41.0 Å². The van der Waals surface area contributed by atoms with Crippen LogP contribution in [-0.2, 0) is 4.79 Å². The average Bonchev–Trinajstić information content (AvgIpc) is 2.65. The third-order valence-corrected chi connectivity index (χ3v) is 4.46. The van der Waals surface area contributed by atoms with Crippen molar-refractivity contribution in [3.63, 3.8) is 0 Å². The molecule has 3 N–H and O–H groups in total. The highest BCUT2D eigenvalue weighted by molar-refractivity contribution is 6.18. The van der Waals surface area contributed by atoms with Gasteiger partial charge in [0.25, 0.3) is 5.91 Å². The molecule has 5 heteroatoms. The summed E-state index contributed by atoms with van der Waals surface area (Å²) >= 11 is 0. The lowest BCUT2D eigenvalue weighted by Crippen LogP contribution is -2.45. The van der Waals surface area contributed by atoms with Gasteiger partial charge in [-0.15, -0.1) is 0 Å². The third-order valence-electron chi connectivity index (χ3n) is 4.46. The number of rotatable bonds is 5. The number of nitrogens with one attached hydrogen (secondary N) is 1. The highest BCUT2D eigenvalue weighted by Crippen LogP contribution is 2.28. The van der Waals surface area contributed by atoms with Gasteiger partial charge in [0.05, 0.1) is 11.6 Å². The molecule has 0 fully saturated rings. The zero-order valence-corrected chi connectivity index (χ0v) is 14.4. The van der Waals surface area contributed by atoms with Crippen LogP contribution in [-0.4, -0.2) is 17.9 Å². The molecule has 0 unspecified atom stereocenters. The van der Waals surface area contributed by atoms with Crippen LogP contribution in [0.1, 0.15) is 23.7 Å². The summed E-state index contributed by atoms with van der Waals surface area (Å²) in [5, 5.41) is 15.2. The van der Waals surface area contributed by atoms with E-state index in [0.29, 0.717) is 5.56 Å². The van der Waals surface area contributed by atoms with Gasteiger partial charge in [0.15, 0.2) is 0 Å². The van der Waals surface area contributed by atoms with Gasteiger partial charge in [-0.1, -0.05) is 48.5 Å². The van der Waals surface area contributed by atoms with Gasteiger partial charge in [-0.25, -0.2) is 0 Å². The molecule has 0 spiro atoms. The van der Waals surface area contributed by atoms with E-state index < -0.39 is 17.9 Å². The van der Waals surface area contributed by atoms with Gasteiger partial charge < -0.3 is 11.1 Å². The number of nitrogens with zero attached hydrogens (tertiary/aromatic N) is 1. The van der Waals surface area contributed by atoms with Crippen LogP contribution in [0.5, 0.6) is 0 Å². The maximum atomic E-state index is 13.1. The molecule has 26 heavy (non-hydrogen) atoms. The molecule has 3 rings (SSSR count). The molecule has 0 aliphatic rings. The molecule has 2 amide bonds. The van der Waals surface area contributed by atoms with E-state index in [1.54, 1.807) is 6.92 Å². The lowest BCUT2D eigenvalue weighted by atomic mass is 9.95. The molecule has 0 aliphatic heterocycles. The topological polar surface area (TPSA) is 96.0 Å². The fourth-order valence-corrected chi connectivity index (χ4v) is 3.14. The molecule has 0 aliphatic carbocycles. The summed E-state index contributed by atoms with van der Waals surface area (Å²) < 4.78 is 0. The van der Waals surface area contributed by atoms with Crippen molar-refractivity contribution in [2.24, 2.45) is 11.7 Å². The molecule has 2 atom stereocenters. The number of nitriles is 1. The number of primary amides is 1. The zero-order chi connectivity index (χ0) is 18.7. The largest absolute Gasteiger partial charge is 0.368 e. The summed E-state index contributed by atoms with van der Waals surface area (Å²) in [5.74, 6) is -1.41. The number of hydrogen-bond acceptors (Lipinski definition) is 3. The molecule has 3 aromatic rings. The van der Waals surface area contributed by atoms with Crippen molar-refractivity contribution in [1.29, 1.82) is 5.26 Å². The Morgan fingerprint density at radius 3 is 2.12 bits per heavy atom. The van der Waals surface area contributed by atoms with E-state index in [4.69, 9.17) is 11.0 Å². The van der Waals surface area contributed by atoms with Crippen LogP contribution in [0, 0.1) is 17.2 Å². The van der Waals surface area contributed by atoms with Gasteiger partial charge in [0, 0.05) is 5.92 Å². The van der Waals surface area contributed by atoms with Crippen LogP contribution >= 0.6 is 0 Å². The minimum absolute atomic E-state index is 0.181. The van der Waals surface area contributed by atoms with E-state index in [1.807, 2.05) is 54.6 Å². The fourth-order valence-electron chi connectivity index (χ4n) is 3.14. The summed E-state index contributed by atoms with van der Waals surface area (Å²) in [6, 6.07) is 18.4. The van der Waals surface area contributed by atoms with Crippen LogP contribution in [0.2, 0.25) is 0 Å². The standard InChI is InChI=1S/C21H19N3O2/c1-13(12-22)10-18(20(23)25)24-21(26)19-16-8-4-2-6-14(16)11-15-7-3-5-9-17(15)19/h2-9,11,13,18H,10H2,1H3,(H2,23,25)(H,24,26)/t13-,18-/m1/s1. The van der Waals surface area contributed by atoms with Crippen molar-refractivity contribution in [2.45, 2.75) is 19.4 Å². The number of hydrogen-bond donors (Lipinski definition) is 2. The highest BCUT2D eigenvalue weighted by Gasteiger charge is 2.23. The Labute approximate surface area is 151 Å². The SMILES string of the molecule is C[C@@H](C#N)C[C@@H](NC(=O)c1c2ccccc2cc2ccccc12)C(N)=O. The van der Waals surface area contributed by atoms with E-state index in [2.05, 4.69) is 11.4 Å². The molecule has 0 aromatic heterocycles. The van der Waals surface area contributed by atoms with Crippen LogP contribution in [0.3, 0.4) is 0 Å². The summed E-state index contributed by atoms with van der Waals surface area (Å²) in [6.45, 7) is 1.69. The Balaban J connectivity index is 2.09. The average molecular weight is 345 g/mol. The van der Waals surface area contributed by atoms with Crippen molar-refractivity contribution in [2.75, 3.05) is 0 Å². The smallest absolute Gasteiger partial charge is 0.253 e. The van der Waals surface area contributed by atoms with Crippen molar-refractivity contribution in [3.8, 4) is 6.07 Å². The molecular formula is C21H19N3O2. The monoisotopic (exact) mass is 345 g/mol. The Hall–Kier alpha value is -3.39. The van der Waals surface area contributed by atoms with Crippen molar-refractivity contribution >= 4 is 33.4 Å². The van der Waals surface area contributed by atoms with Gasteiger partial charge in [0.1, 0.15) is 6.04 Å². The molecule has 0 bridgehead atoms. The van der Waals surface area contributed by atoms with Gasteiger partial charge in [-0.2, -0.15) is 5.26 Å². The number of carbonyl (C=O) groups is 2. The van der Waals surface area contributed by atoms with E-state index in [0.717, 1.165) is 21.5 Å². The number of fused-ring (bicyclic) bond motifs is 2. The zero-order valence-electron chi connectivity index (χ0n) is 14.4. The van der Waals surface area contributed by atoms with Gasteiger partial charge >= 0.3 is 0 Å². The van der Waals surface area contributed by atoms with E-state index in [-0.39, 0.29) is 12.3 Å². The van der Waals surface area contributed by atoms with Crippen molar-refractivity contribution < 1.29 is 9.59 Å². The first kappa shape index (κ1) is 17.4. The summed E-state index contributed by atoms with van der Waals surface area (Å²) in [7, 11) is 0. The molecule has 0 saturated carbocycles. The Bertz CT molecular complexity index is 982. The summed E-state index contributed by atoms with van der Waals surface area (Å²) in [4.78, 5) is 24.8. The first-order valence-electron chi connectivity index (χ1n) is 8.41. The second-order valence-corrected chi connectivity index (χ2v) is 6.39. The van der Waals surface area contributed by atoms with Gasteiger partial charge in [-0.3, -0.25) is 9.59 Å². The van der Waals surface area contributed by atoms with Crippen LogP contribution < -0.4 is 11.1 Å². The molecule has 5 nitrogen and oxygen atoms in total. The molecule has 130 valence electrons. The molecule has 0 heterocycles. The van der Waals surface area contributed by atoms with Crippen molar-refractivity contribution in [1.82, 2.24) is 5.32 Å². The molecule has 3 aromatic carbocycles. The Kier molecular flexibility index (Phi) is 4.85. The minimum Gasteiger partial charge on any atom is -0.368 e. The van der Waals surface area contributed by atoms with E-state index >= 15 is 0 Å². The van der Waals surface area contributed by atoms with Crippen LogP contribution in [0.25, 0.3) is 21.5 Å². The second-order valence-electron chi connectivity index (χ2n) is 6.39. The maximum Gasteiger partial charge on any atom is 0.253 e. The van der Waals surface area contributed by atoms with E-state index in [1.165, 1.54) is 0 Å². The lowest BCUT2D eigenvalue weighted by molar-refractivity contribution is -0.120. The number of nitrogens with two attached hydrogens (primary N) is 1. The fraction of sp³-hybridized carbons (Fsp3) is 0.190. The first-order chi connectivity index (χ1) is 12.5. The van der Waals surface area contributed by atoms with Crippen LogP contribution in [0.15, 0.2) is 54.6 Å². The molecule has 0 saturated heterocycles. The molecular weight excluding hydrogens is 326 g/mol. The number of carbonyl (C=O) groups excluding carboxylic acids is 2. The quantitative estimate of drug-likeness (QED) is 0.695. The lowest BCUT2D eigenvalue weighted by Gasteiger charge is -2.18. The maximum absolute atomic E-state index is 13.1. The minimum atomic E-state index is -0.894. The summed E-state index contributed by atoms with van der Waals surface area (Å²) in [5.41, 5.74) is 5.94. The van der Waals surface area contributed by atoms with Crippen molar-refractivity contribution in [3.05, 3.63) is 60.2 Å². The van der Waals surface area contributed by atoms with Crippen LogP contribution in [0.4, 0.5) is 0 Å². The predicted octanol–water partition coefficient (Wildman–Crippen LogP) is 3.13.